The Bertz CT molecular complexity index is 1310. The summed E-state index contributed by atoms with van der Waals surface area (Å²) >= 11 is 0. The van der Waals surface area contributed by atoms with Gasteiger partial charge in [0.2, 0.25) is 11.7 Å². The fraction of sp³-hybridized carbons (Fsp3) is 0.429. The molecule has 5 rings (SSSR count). The van der Waals surface area contributed by atoms with Gasteiger partial charge in [-0.25, -0.2) is 0 Å². The Hall–Kier alpha value is -3.70. The van der Waals surface area contributed by atoms with Crippen molar-refractivity contribution in [1.29, 1.82) is 5.26 Å². The molecule has 1 saturated heterocycles. The molecule has 2 heterocycles. The second-order valence-corrected chi connectivity index (χ2v) is 9.84. The van der Waals surface area contributed by atoms with Crippen LogP contribution in [0.4, 0.5) is 0 Å². The van der Waals surface area contributed by atoms with E-state index in [0.29, 0.717) is 60.4 Å². The summed E-state index contributed by atoms with van der Waals surface area (Å²) in [6.07, 6.45) is 3.41. The van der Waals surface area contributed by atoms with Crippen LogP contribution in [-0.2, 0) is 11.2 Å². The third-order valence-corrected chi connectivity index (χ3v) is 6.99. The smallest absolute Gasteiger partial charge is 0.258 e. The van der Waals surface area contributed by atoms with Crippen LogP contribution in [0.3, 0.4) is 0 Å². The monoisotopic (exact) mass is 486 g/mol. The van der Waals surface area contributed by atoms with E-state index in [2.05, 4.69) is 22.3 Å². The van der Waals surface area contributed by atoms with E-state index in [1.54, 1.807) is 17.0 Å². The summed E-state index contributed by atoms with van der Waals surface area (Å²) in [5.41, 5.74) is 4.48. The summed E-state index contributed by atoms with van der Waals surface area (Å²) < 4.78 is 11.3. The number of carbonyl (C=O) groups is 1. The van der Waals surface area contributed by atoms with E-state index in [-0.39, 0.29) is 18.1 Å². The van der Waals surface area contributed by atoms with Crippen molar-refractivity contribution in [3.8, 4) is 34.7 Å². The van der Waals surface area contributed by atoms with Gasteiger partial charge in [-0.1, -0.05) is 23.4 Å². The van der Waals surface area contributed by atoms with Gasteiger partial charge in [0.15, 0.2) is 0 Å². The Kier molecular flexibility index (Phi) is 6.75. The molecule has 2 atom stereocenters. The minimum absolute atomic E-state index is 0.0341. The van der Waals surface area contributed by atoms with Gasteiger partial charge in [-0.2, -0.15) is 10.2 Å². The number of hydrogen-bond donors (Lipinski definition) is 1. The Morgan fingerprint density at radius 3 is 2.92 bits per heavy atom. The van der Waals surface area contributed by atoms with Gasteiger partial charge in [0.25, 0.3) is 5.89 Å². The molecule has 1 N–H and O–H groups in total. The lowest BCUT2D eigenvalue weighted by molar-refractivity contribution is -0.130. The molecule has 1 aliphatic carbocycles. The van der Waals surface area contributed by atoms with E-state index in [9.17, 15) is 15.2 Å². The highest BCUT2D eigenvalue weighted by atomic mass is 16.5. The van der Waals surface area contributed by atoms with Crippen LogP contribution in [0.1, 0.15) is 62.1 Å². The molecule has 0 spiro atoms. The summed E-state index contributed by atoms with van der Waals surface area (Å²) in [5.74, 6) is 1.84. The van der Waals surface area contributed by atoms with Crippen molar-refractivity contribution in [2.24, 2.45) is 0 Å². The molecule has 2 aliphatic rings. The highest BCUT2D eigenvalue weighted by molar-refractivity contribution is 5.76. The molecular weight excluding hydrogens is 456 g/mol. The summed E-state index contributed by atoms with van der Waals surface area (Å²) in [7, 11) is 0. The van der Waals surface area contributed by atoms with Crippen LogP contribution in [0.5, 0.6) is 5.75 Å². The Morgan fingerprint density at radius 1 is 1.31 bits per heavy atom. The number of aliphatic hydroxyl groups is 1. The number of benzene rings is 2. The van der Waals surface area contributed by atoms with E-state index in [1.165, 1.54) is 11.1 Å². The molecule has 1 fully saturated rings. The van der Waals surface area contributed by atoms with Crippen molar-refractivity contribution in [1.82, 2.24) is 15.0 Å². The molecule has 0 saturated carbocycles. The number of ether oxygens (including phenoxy) is 1. The first-order chi connectivity index (χ1) is 17.4. The maximum atomic E-state index is 12.6. The number of fused-ring (bicyclic) bond motifs is 1. The summed E-state index contributed by atoms with van der Waals surface area (Å²) in [6.45, 7) is 4.93. The van der Waals surface area contributed by atoms with Crippen molar-refractivity contribution in [2.45, 2.75) is 64.1 Å². The molecule has 1 aliphatic heterocycles. The Labute approximate surface area is 210 Å². The third kappa shape index (κ3) is 4.84. The lowest BCUT2D eigenvalue weighted by atomic mass is 9.94. The first-order valence-corrected chi connectivity index (χ1v) is 12.6. The van der Waals surface area contributed by atoms with Gasteiger partial charge < -0.3 is 19.3 Å². The average molecular weight is 487 g/mol. The zero-order valence-electron chi connectivity index (χ0n) is 20.6. The number of aromatic nitrogens is 2. The maximum absolute atomic E-state index is 12.6. The quantitative estimate of drug-likeness (QED) is 0.524. The first kappa shape index (κ1) is 24.0. The first-order valence-electron chi connectivity index (χ1n) is 12.6. The number of nitriles is 1. The number of rotatable bonds is 7. The number of hydrogen-bond acceptors (Lipinski definition) is 7. The lowest BCUT2D eigenvalue weighted by Gasteiger charge is -2.17. The molecule has 36 heavy (non-hydrogen) atoms. The van der Waals surface area contributed by atoms with E-state index in [1.807, 2.05) is 32.0 Å². The minimum atomic E-state index is -0.388. The van der Waals surface area contributed by atoms with Gasteiger partial charge in [-0.05, 0) is 74.8 Å². The van der Waals surface area contributed by atoms with E-state index in [4.69, 9.17) is 9.26 Å². The number of amides is 1. The largest absolute Gasteiger partial charge is 0.490 e. The zero-order chi connectivity index (χ0) is 25.2. The molecule has 0 radical (unpaired) electrons. The van der Waals surface area contributed by atoms with Crippen molar-refractivity contribution >= 4 is 5.91 Å². The number of likely N-dealkylation sites (tertiary alicyclic amines) is 1. The molecule has 1 unspecified atom stereocenters. The standard InChI is InChI=1S/C28H30N4O4/c1-17(2)35-25-10-7-19(14-20(25)15-29)28-30-27(31-36-28)24-5-3-4-22-18(6-9-23(22)24)8-11-26(34)32-13-12-21(33)16-32/h3-5,7,10,14,17-18,21,33H,6,8-9,11-13,16H2,1-2H3/t18?,21-/m0/s1. The van der Waals surface area contributed by atoms with E-state index in [0.717, 1.165) is 24.8 Å². The topological polar surface area (TPSA) is 112 Å². The van der Waals surface area contributed by atoms with Crippen LogP contribution >= 0.6 is 0 Å². The predicted octanol–water partition coefficient (Wildman–Crippen LogP) is 4.47. The fourth-order valence-electron chi connectivity index (χ4n) is 5.23. The Morgan fingerprint density at radius 2 is 2.17 bits per heavy atom. The number of carbonyl (C=O) groups excluding carboxylic acids is 1. The van der Waals surface area contributed by atoms with Crippen molar-refractivity contribution in [2.75, 3.05) is 13.1 Å². The van der Waals surface area contributed by atoms with Crippen LogP contribution < -0.4 is 4.74 Å². The SMILES string of the molecule is CC(C)Oc1ccc(-c2nc(-c3cccc4c3CCC4CCC(=O)N3CC[C@H](O)C3)no2)cc1C#N. The molecule has 1 aromatic heterocycles. The van der Waals surface area contributed by atoms with Gasteiger partial charge in [-0.3, -0.25) is 4.79 Å². The molecule has 8 nitrogen and oxygen atoms in total. The molecule has 8 heteroatoms. The zero-order valence-corrected chi connectivity index (χ0v) is 20.6. The summed E-state index contributed by atoms with van der Waals surface area (Å²) in [5, 5.41) is 23.5. The lowest BCUT2D eigenvalue weighted by Crippen LogP contribution is -2.29. The third-order valence-electron chi connectivity index (χ3n) is 6.99. The highest BCUT2D eigenvalue weighted by Gasteiger charge is 2.29. The summed E-state index contributed by atoms with van der Waals surface area (Å²) in [6, 6.07) is 13.6. The minimum Gasteiger partial charge on any atom is -0.490 e. The van der Waals surface area contributed by atoms with Gasteiger partial charge in [-0.15, -0.1) is 0 Å². The van der Waals surface area contributed by atoms with Crippen LogP contribution in [0.2, 0.25) is 0 Å². The molecule has 186 valence electrons. The van der Waals surface area contributed by atoms with Crippen molar-refractivity contribution in [3.05, 3.63) is 53.1 Å². The average Bonchev–Trinajstić information content (AvgIpc) is 3.62. The summed E-state index contributed by atoms with van der Waals surface area (Å²) in [4.78, 5) is 19.0. The van der Waals surface area contributed by atoms with E-state index < -0.39 is 0 Å². The highest BCUT2D eigenvalue weighted by Crippen LogP contribution is 2.41. The van der Waals surface area contributed by atoms with Crippen LogP contribution in [-0.4, -0.2) is 51.4 Å². The second-order valence-electron chi connectivity index (χ2n) is 9.84. The van der Waals surface area contributed by atoms with Crippen LogP contribution in [0.25, 0.3) is 22.8 Å². The fourth-order valence-corrected chi connectivity index (χ4v) is 5.23. The molecule has 2 aromatic carbocycles. The predicted molar refractivity (Wildman–Crippen MR) is 133 cm³/mol. The van der Waals surface area contributed by atoms with Crippen molar-refractivity contribution in [3.63, 3.8) is 0 Å². The van der Waals surface area contributed by atoms with Crippen LogP contribution in [0.15, 0.2) is 40.9 Å². The number of nitrogens with zero attached hydrogens (tertiary/aromatic N) is 4. The van der Waals surface area contributed by atoms with Gasteiger partial charge in [0, 0.05) is 30.6 Å². The molecule has 0 bridgehead atoms. The van der Waals surface area contributed by atoms with Gasteiger partial charge >= 0.3 is 0 Å². The molecular formula is C28H30N4O4. The van der Waals surface area contributed by atoms with E-state index >= 15 is 0 Å². The van der Waals surface area contributed by atoms with Crippen molar-refractivity contribution < 1.29 is 19.2 Å². The maximum Gasteiger partial charge on any atom is 0.258 e. The molecule has 3 aromatic rings. The van der Waals surface area contributed by atoms with Gasteiger partial charge in [0.05, 0.1) is 17.8 Å². The van der Waals surface area contributed by atoms with Crippen LogP contribution in [0, 0.1) is 11.3 Å². The normalized spacial score (nSPS) is 18.9. The number of aliphatic hydroxyl groups excluding tert-OH is 1. The molecule has 1 amide bonds. The Balaban J connectivity index is 1.32. The second kappa shape index (κ2) is 10.1. The van der Waals surface area contributed by atoms with Gasteiger partial charge in [0.1, 0.15) is 11.8 Å². The number of β-amino-alcohol motifs (C(OH)–C–C–N with tert-alkyl or cyclic N) is 1.